The molecule has 0 saturated carbocycles. The molecule has 0 heterocycles. The largest absolute Gasteiger partial charge is 0.393 e. The van der Waals surface area contributed by atoms with Crippen LogP contribution >= 0.6 is 0 Å². The molecular weight excluding hydrogens is 196 g/mol. The van der Waals surface area contributed by atoms with E-state index in [1.165, 1.54) is 11.1 Å². The SMILES string of the molecule is Cc1ccc(C(C)CC(O)CC(C)C)cc1. The fourth-order valence-corrected chi connectivity index (χ4v) is 2.08. The molecule has 1 heteroatoms. The summed E-state index contributed by atoms with van der Waals surface area (Å²) in [4.78, 5) is 0. The minimum absolute atomic E-state index is 0.170. The maximum Gasteiger partial charge on any atom is 0.0548 e. The highest BCUT2D eigenvalue weighted by atomic mass is 16.3. The number of aliphatic hydroxyl groups is 1. The quantitative estimate of drug-likeness (QED) is 0.798. The Morgan fingerprint density at radius 3 is 2.06 bits per heavy atom. The second-order valence-electron chi connectivity index (χ2n) is 5.33. The third kappa shape index (κ3) is 4.36. The van der Waals surface area contributed by atoms with E-state index < -0.39 is 0 Å². The van der Waals surface area contributed by atoms with Crippen molar-refractivity contribution >= 4 is 0 Å². The van der Waals surface area contributed by atoms with Crippen LogP contribution in [0.4, 0.5) is 0 Å². The molecule has 2 atom stereocenters. The molecule has 0 spiro atoms. The topological polar surface area (TPSA) is 20.2 Å². The zero-order valence-corrected chi connectivity index (χ0v) is 10.9. The zero-order chi connectivity index (χ0) is 12.1. The summed E-state index contributed by atoms with van der Waals surface area (Å²) in [5.74, 6) is 1.01. The first-order valence-electron chi connectivity index (χ1n) is 6.23. The van der Waals surface area contributed by atoms with Crippen molar-refractivity contribution in [3.05, 3.63) is 35.4 Å². The molecule has 0 aliphatic heterocycles. The van der Waals surface area contributed by atoms with Gasteiger partial charge in [-0.3, -0.25) is 0 Å². The monoisotopic (exact) mass is 220 g/mol. The standard InChI is InChI=1S/C15H24O/c1-11(2)9-15(16)10-13(4)14-7-5-12(3)6-8-14/h5-8,11,13,15-16H,9-10H2,1-4H3. The Bertz CT molecular complexity index is 300. The smallest absolute Gasteiger partial charge is 0.0548 e. The summed E-state index contributed by atoms with van der Waals surface area (Å²) in [6, 6.07) is 8.62. The molecule has 1 aromatic carbocycles. The van der Waals surface area contributed by atoms with Crippen LogP contribution in [0.15, 0.2) is 24.3 Å². The Morgan fingerprint density at radius 1 is 1.00 bits per heavy atom. The van der Waals surface area contributed by atoms with Crippen LogP contribution in [-0.2, 0) is 0 Å². The van der Waals surface area contributed by atoms with E-state index in [-0.39, 0.29) is 6.10 Å². The van der Waals surface area contributed by atoms with Gasteiger partial charge in [-0.2, -0.15) is 0 Å². The molecule has 0 aromatic heterocycles. The molecule has 0 aliphatic rings. The van der Waals surface area contributed by atoms with Gasteiger partial charge in [0, 0.05) is 0 Å². The lowest BCUT2D eigenvalue weighted by atomic mass is 9.91. The molecule has 0 aliphatic carbocycles. The van der Waals surface area contributed by atoms with Gasteiger partial charge in [-0.05, 0) is 37.2 Å². The molecule has 16 heavy (non-hydrogen) atoms. The van der Waals surface area contributed by atoms with Gasteiger partial charge in [0.2, 0.25) is 0 Å². The lowest BCUT2D eigenvalue weighted by Crippen LogP contribution is -2.13. The summed E-state index contributed by atoms with van der Waals surface area (Å²) in [5, 5.41) is 9.91. The van der Waals surface area contributed by atoms with Crippen molar-refractivity contribution < 1.29 is 5.11 Å². The van der Waals surface area contributed by atoms with Crippen molar-refractivity contribution in [2.75, 3.05) is 0 Å². The lowest BCUT2D eigenvalue weighted by molar-refractivity contribution is 0.132. The second kappa shape index (κ2) is 6.05. The molecule has 0 radical (unpaired) electrons. The average Bonchev–Trinajstić information content (AvgIpc) is 2.16. The zero-order valence-electron chi connectivity index (χ0n) is 10.9. The Balaban J connectivity index is 2.51. The Hall–Kier alpha value is -0.820. The van der Waals surface area contributed by atoms with Crippen molar-refractivity contribution in [1.82, 2.24) is 0 Å². The molecule has 1 rings (SSSR count). The molecule has 0 saturated heterocycles. The Labute approximate surface area is 99.5 Å². The van der Waals surface area contributed by atoms with Gasteiger partial charge in [-0.15, -0.1) is 0 Å². The van der Waals surface area contributed by atoms with E-state index in [4.69, 9.17) is 0 Å². The third-order valence-electron chi connectivity index (χ3n) is 3.02. The van der Waals surface area contributed by atoms with Crippen molar-refractivity contribution in [3.8, 4) is 0 Å². The molecule has 0 amide bonds. The number of hydrogen-bond donors (Lipinski definition) is 1. The van der Waals surface area contributed by atoms with Gasteiger partial charge >= 0.3 is 0 Å². The summed E-state index contributed by atoms with van der Waals surface area (Å²) in [6.45, 7) is 8.59. The van der Waals surface area contributed by atoms with Crippen LogP contribution in [0, 0.1) is 12.8 Å². The number of aliphatic hydroxyl groups excluding tert-OH is 1. The minimum atomic E-state index is -0.170. The maximum atomic E-state index is 9.91. The van der Waals surface area contributed by atoms with Crippen LogP contribution in [0.25, 0.3) is 0 Å². The highest BCUT2D eigenvalue weighted by Gasteiger charge is 2.13. The highest BCUT2D eigenvalue weighted by Crippen LogP contribution is 2.23. The van der Waals surface area contributed by atoms with Crippen molar-refractivity contribution in [1.29, 1.82) is 0 Å². The first kappa shape index (κ1) is 13.2. The van der Waals surface area contributed by atoms with Crippen molar-refractivity contribution in [2.24, 2.45) is 5.92 Å². The lowest BCUT2D eigenvalue weighted by Gasteiger charge is -2.18. The molecule has 1 N–H and O–H groups in total. The third-order valence-corrected chi connectivity index (χ3v) is 3.02. The molecule has 0 fully saturated rings. The highest BCUT2D eigenvalue weighted by molar-refractivity contribution is 5.24. The van der Waals surface area contributed by atoms with E-state index in [9.17, 15) is 5.11 Å². The van der Waals surface area contributed by atoms with Crippen LogP contribution in [0.2, 0.25) is 0 Å². The van der Waals surface area contributed by atoms with Crippen molar-refractivity contribution in [2.45, 2.75) is 52.6 Å². The van der Waals surface area contributed by atoms with E-state index in [0.717, 1.165) is 12.8 Å². The average molecular weight is 220 g/mol. The first-order valence-corrected chi connectivity index (χ1v) is 6.23. The summed E-state index contributed by atoms with van der Waals surface area (Å²) < 4.78 is 0. The summed E-state index contributed by atoms with van der Waals surface area (Å²) in [5.41, 5.74) is 2.62. The Morgan fingerprint density at radius 2 is 1.56 bits per heavy atom. The molecule has 0 bridgehead atoms. The Kier molecular flexibility index (Phi) is 5.01. The van der Waals surface area contributed by atoms with E-state index in [1.54, 1.807) is 0 Å². The molecule has 90 valence electrons. The fourth-order valence-electron chi connectivity index (χ4n) is 2.08. The van der Waals surface area contributed by atoms with Gasteiger partial charge in [0.15, 0.2) is 0 Å². The van der Waals surface area contributed by atoms with E-state index in [1.807, 2.05) is 0 Å². The van der Waals surface area contributed by atoms with Crippen LogP contribution < -0.4 is 0 Å². The van der Waals surface area contributed by atoms with Gasteiger partial charge in [0.1, 0.15) is 0 Å². The summed E-state index contributed by atoms with van der Waals surface area (Å²) in [6.07, 6.45) is 1.59. The first-order chi connectivity index (χ1) is 7.49. The fraction of sp³-hybridized carbons (Fsp3) is 0.600. The van der Waals surface area contributed by atoms with Crippen LogP contribution in [0.3, 0.4) is 0 Å². The van der Waals surface area contributed by atoms with Gasteiger partial charge in [-0.25, -0.2) is 0 Å². The predicted molar refractivity (Wildman–Crippen MR) is 69.7 cm³/mol. The molecule has 1 aromatic rings. The van der Waals surface area contributed by atoms with Gasteiger partial charge in [0.25, 0.3) is 0 Å². The van der Waals surface area contributed by atoms with Gasteiger partial charge < -0.3 is 5.11 Å². The number of aryl methyl sites for hydroxylation is 1. The minimum Gasteiger partial charge on any atom is -0.393 e. The number of benzene rings is 1. The van der Waals surface area contributed by atoms with Crippen LogP contribution in [0.1, 0.15) is 50.7 Å². The number of rotatable bonds is 5. The molecule has 2 unspecified atom stereocenters. The van der Waals surface area contributed by atoms with Gasteiger partial charge in [-0.1, -0.05) is 50.6 Å². The molecular formula is C15H24O. The van der Waals surface area contributed by atoms with E-state index >= 15 is 0 Å². The summed E-state index contributed by atoms with van der Waals surface area (Å²) >= 11 is 0. The maximum absolute atomic E-state index is 9.91. The summed E-state index contributed by atoms with van der Waals surface area (Å²) in [7, 11) is 0. The second-order valence-corrected chi connectivity index (χ2v) is 5.33. The van der Waals surface area contributed by atoms with Crippen LogP contribution in [-0.4, -0.2) is 11.2 Å². The van der Waals surface area contributed by atoms with Crippen molar-refractivity contribution in [3.63, 3.8) is 0 Å². The molecule has 1 nitrogen and oxygen atoms in total. The predicted octanol–water partition coefficient (Wildman–Crippen LogP) is 3.90. The van der Waals surface area contributed by atoms with E-state index in [0.29, 0.717) is 11.8 Å². The van der Waals surface area contributed by atoms with E-state index in [2.05, 4.69) is 52.0 Å². The van der Waals surface area contributed by atoms with Gasteiger partial charge in [0.05, 0.1) is 6.10 Å². The van der Waals surface area contributed by atoms with Crippen LogP contribution in [0.5, 0.6) is 0 Å². The normalized spacial score (nSPS) is 15.1. The number of hydrogen-bond acceptors (Lipinski definition) is 1.